The van der Waals surface area contributed by atoms with Gasteiger partial charge in [-0.05, 0) is 37.5 Å². The van der Waals surface area contributed by atoms with E-state index < -0.39 is 0 Å². The molecule has 0 aliphatic rings. The number of nitrogens with one attached hydrogen (secondary N) is 1. The molecule has 1 aromatic heterocycles. The maximum absolute atomic E-state index is 4.78. The Bertz CT molecular complexity index is 397. The summed E-state index contributed by atoms with van der Waals surface area (Å²) in [6, 6.07) is 5.38. The molecular weight excluding hydrogens is 234 g/mol. The molecule has 1 rings (SSSR count). The molecular formula is C16H29N3. The van der Waals surface area contributed by atoms with Crippen LogP contribution in [-0.4, -0.2) is 24.1 Å². The second-order valence-electron chi connectivity index (χ2n) is 6.15. The molecule has 108 valence electrons. The predicted molar refractivity (Wildman–Crippen MR) is 83.8 cm³/mol. The van der Waals surface area contributed by atoms with Gasteiger partial charge < -0.3 is 10.2 Å². The normalized spacial score (nSPS) is 11.7. The summed E-state index contributed by atoms with van der Waals surface area (Å²) in [5, 5.41) is 3.48. The summed E-state index contributed by atoms with van der Waals surface area (Å²) in [6.07, 6.45) is 0. The summed E-state index contributed by atoms with van der Waals surface area (Å²) >= 11 is 0. The summed E-state index contributed by atoms with van der Waals surface area (Å²) in [4.78, 5) is 7.01. The average Bonchev–Trinajstić information content (AvgIpc) is 2.34. The fourth-order valence-electron chi connectivity index (χ4n) is 1.76. The molecule has 0 spiro atoms. The van der Waals surface area contributed by atoms with Gasteiger partial charge in [-0.2, -0.15) is 0 Å². The molecule has 1 heterocycles. The highest BCUT2D eigenvalue weighted by Gasteiger charge is 2.11. The van der Waals surface area contributed by atoms with Crippen molar-refractivity contribution in [3.8, 4) is 0 Å². The Kier molecular flexibility index (Phi) is 5.80. The number of nitrogens with zero attached hydrogens (tertiary/aromatic N) is 2. The standard InChI is InChI=1S/C16H29N3/c1-11(2)15-8-14(10-17-12(3)4)9-16(18-15)19(7)13(5)6/h8-9,11-13,17H,10H2,1-7H3. The summed E-state index contributed by atoms with van der Waals surface area (Å²) in [7, 11) is 2.11. The van der Waals surface area contributed by atoms with Crippen LogP contribution >= 0.6 is 0 Å². The van der Waals surface area contributed by atoms with E-state index in [1.54, 1.807) is 0 Å². The summed E-state index contributed by atoms with van der Waals surface area (Å²) in [5.74, 6) is 1.53. The zero-order valence-corrected chi connectivity index (χ0v) is 13.5. The van der Waals surface area contributed by atoms with Crippen LogP contribution in [0.4, 0.5) is 5.82 Å². The quantitative estimate of drug-likeness (QED) is 0.851. The van der Waals surface area contributed by atoms with Crippen molar-refractivity contribution < 1.29 is 0 Å². The van der Waals surface area contributed by atoms with Crippen molar-refractivity contribution in [3.63, 3.8) is 0 Å². The zero-order chi connectivity index (χ0) is 14.6. The van der Waals surface area contributed by atoms with Gasteiger partial charge in [0.2, 0.25) is 0 Å². The number of hydrogen-bond donors (Lipinski definition) is 1. The van der Waals surface area contributed by atoms with Crippen LogP contribution in [0.15, 0.2) is 12.1 Å². The lowest BCUT2D eigenvalue weighted by molar-refractivity contribution is 0.587. The molecule has 0 aliphatic heterocycles. The number of hydrogen-bond acceptors (Lipinski definition) is 3. The zero-order valence-electron chi connectivity index (χ0n) is 13.5. The third kappa shape index (κ3) is 4.83. The maximum Gasteiger partial charge on any atom is 0.129 e. The molecule has 0 radical (unpaired) electrons. The minimum atomic E-state index is 0.457. The molecule has 0 saturated carbocycles. The van der Waals surface area contributed by atoms with Crippen LogP contribution in [0.5, 0.6) is 0 Å². The van der Waals surface area contributed by atoms with Crippen molar-refractivity contribution in [2.75, 3.05) is 11.9 Å². The Morgan fingerprint density at radius 3 is 2.21 bits per heavy atom. The van der Waals surface area contributed by atoms with Gasteiger partial charge >= 0.3 is 0 Å². The second kappa shape index (κ2) is 6.90. The van der Waals surface area contributed by atoms with E-state index in [2.05, 4.69) is 70.9 Å². The molecule has 19 heavy (non-hydrogen) atoms. The minimum absolute atomic E-state index is 0.457. The van der Waals surface area contributed by atoms with Gasteiger partial charge in [-0.15, -0.1) is 0 Å². The average molecular weight is 263 g/mol. The van der Waals surface area contributed by atoms with Crippen molar-refractivity contribution in [1.29, 1.82) is 0 Å². The van der Waals surface area contributed by atoms with Crippen molar-refractivity contribution in [2.24, 2.45) is 0 Å². The van der Waals surface area contributed by atoms with Crippen LogP contribution in [-0.2, 0) is 6.54 Å². The van der Waals surface area contributed by atoms with Crippen molar-refractivity contribution in [2.45, 2.75) is 66.1 Å². The van der Waals surface area contributed by atoms with Gasteiger partial charge in [-0.25, -0.2) is 4.98 Å². The van der Waals surface area contributed by atoms with Gasteiger partial charge in [0.15, 0.2) is 0 Å². The first-order valence-electron chi connectivity index (χ1n) is 7.28. The van der Waals surface area contributed by atoms with E-state index in [1.165, 1.54) is 11.3 Å². The lowest BCUT2D eigenvalue weighted by Crippen LogP contribution is -2.27. The summed E-state index contributed by atoms with van der Waals surface area (Å²) < 4.78 is 0. The first-order valence-corrected chi connectivity index (χ1v) is 7.28. The van der Waals surface area contributed by atoms with Gasteiger partial charge in [0.25, 0.3) is 0 Å². The predicted octanol–water partition coefficient (Wildman–Crippen LogP) is 3.55. The molecule has 0 bridgehead atoms. The first kappa shape index (κ1) is 16.0. The Morgan fingerprint density at radius 1 is 1.11 bits per heavy atom. The fraction of sp³-hybridized carbons (Fsp3) is 0.688. The lowest BCUT2D eigenvalue weighted by atomic mass is 10.1. The minimum Gasteiger partial charge on any atom is -0.357 e. The SMILES string of the molecule is CC(C)NCc1cc(C(C)C)nc(N(C)C(C)C)c1. The van der Waals surface area contributed by atoms with Crippen LogP contribution < -0.4 is 10.2 Å². The van der Waals surface area contributed by atoms with E-state index >= 15 is 0 Å². The van der Waals surface area contributed by atoms with E-state index in [0.29, 0.717) is 18.0 Å². The molecule has 1 aromatic rings. The molecule has 0 aliphatic carbocycles. The number of rotatable bonds is 6. The van der Waals surface area contributed by atoms with Crippen molar-refractivity contribution >= 4 is 5.82 Å². The first-order chi connectivity index (χ1) is 8.81. The molecule has 1 N–H and O–H groups in total. The van der Waals surface area contributed by atoms with Crippen molar-refractivity contribution in [3.05, 3.63) is 23.4 Å². The van der Waals surface area contributed by atoms with Crippen LogP contribution in [0.25, 0.3) is 0 Å². The summed E-state index contributed by atoms with van der Waals surface area (Å²) in [5.41, 5.74) is 2.49. The third-order valence-corrected chi connectivity index (χ3v) is 3.33. The Morgan fingerprint density at radius 2 is 1.74 bits per heavy atom. The smallest absolute Gasteiger partial charge is 0.129 e. The molecule has 0 saturated heterocycles. The van der Waals surface area contributed by atoms with Gasteiger partial charge in [0.05, 0.1) is 0 Å². The molecule has 3 heteroatoms. The second-order valence-corrected chi connectivity index (χ2v) is 6.15. The maximum atomic E-state index is 4.78. The van der Waals surface area contributed by atoms with Crippen molar-refractivity contribution in [1.82, 2.24) is 10.3 Å². The molecule has 0 aromatic carbocycles. The number of pyridine rings is 1. The van der Waals surface area contributed by atoms with E-state index in [1.807, 2.05) is 0 Å². The van der Waals surface area contributed by atoms with Crippen LogP contribution in [0.2, 0.25) is 0 Å². The van der Waals surface area contributed by atoms with Gasteiger partial charge in [0, 0.05) is 31.4 Å². The van der Waals surface area contributed by atoms with Gasteiger partial charge in [-0.3, -0.25) is 0 Å². The van der Waals surface area contributed by atoms with E-state index in [9.17, 15) is 0 Å². The monoisotopic (exact) mass is 263 g/mol. The Balaban J connectivity index is 3.03. The molecule has 0 fully saturated rings. The summed E-state index contributed by atoms with van der Waals surface area (Å²) in [6.45, 7) is 14.0. The Hall–Kier alpha value is -1.09. The third-order valence-electron chi connectivity index (χ3n) is 3.33. The highest BCUT2D eigenvalue weighted by atomic mass is 15.2. The van der Waals surface area contributed by atoms with Gasteiger partial charge in [0.1, 0.15) is 5.82 Å². The molecule has 0 amide bonds. The van der Waals surface area contributed by atoms with Crippen LogP contribution in [0, 0.1) is 0 Å². The van der Waals surface area contributed by atoms with E-state index in [0.717, 1.165) is 12.4 Å². The Labute approximate surface area is 118 Å². The molecule has 0 unspecified atom stereocenters. The number of anilines is 1. The number of aromatic nitrogens is 1. The highest BCUT2D eigenvalue weighted by molar-refractivity contribution is 5.43. The van der Waals surface area contributed by atoms with E-state index in [4.69, 9.17) is 4.98 Å². The lowest BCUT2D eigenvalue weighted by Gasteiger charge is -2.24. The largest absolute Gasteiger partial charge is 0.357 e. The molecule has 0 atom stereocenters. The molecule has 3 nitrogen and oxygen atoms in total. The van der Waals surface area contributed by atoms with E-state index in [-0.39, 0.29) is 0 Å². The fourth-order valence-corrected chi connectivity index (χ4v) is 1.76. The topological polar surface area (TPSA) is 28.2 Å². The van der Waals surface area contributed by atoms with Gasteiger partial charge in [-0.1, -0.05) is 27.7 Å². The highest BCUT2D eigenvalue weighted by Crippen LogP contribution is 2.21. The van der Waals surface area contributed by atoms with Crippen LogP contribution in [0.3, 0.4) is 0 Å². The van der Waals surface area contributed by atoms with Crippen LogP contribution in [0.1, 0.15) is 58.7 Å².